The molecule has 5 rings (SSSR count). The maximum atomic E-state index is 13.7. The minimum Gasteiger partial charge on any atom is -0.495 e. The summed E-state index contributed by atoms with van der Waals surface area (Å²) in [6, 6.07) is 10.0. The van der Waals surface area contributed by atoms with Crippen molar-refractivity contribution in [3.8, 4) is 5.75 Å². The number of nitrogens with zero attached hydrogens (tertiary/aromatic N) is 2. The molecule has 7 heteroatoms. The van der Waals surface area contributed by atoms with E-state index in [-0.39, 0.29) is 23.6 Å². The number of carbonyl (C=O) groups excluding carboxylic acids is 3. The first-order valence-corrected chi connectivity index (χ1v) is 10.5. The molecular formula is C24H21ClN2O4. The number of rotatable bonds is 3. The van der Waals surface area contributed by atoms with Crippen LogP contribution in [0.5, 0.6) is 5.75 Å². The van der Waals surface area contributed by atoms with Gasteiger partial charge in [0, 0.05) is 17.3 Å². The fourth-order valence-electron chi connectivity index (χ4n) is 5.25. The lowest BCUT2D eigenvalue weighted by atomic mass is 9.84. The van der Waals surface area contributed by atoms with Gasteiger partial charge in [-0.1, -0.05) is 35.9 Å². The molecular weight excluding hydrogens is 416 g/mol. The fraction of sp³-hybridized carbons (Fsp3) is 0.292. The van der Waals surface area contributed by atoms with Crippen LogP contribution in [-0.4, -0.2) is 35.6 Å². The summed E-state index contributed by atoms with van der Waals surface area (Å²) in [5, 5.41) is 0.485. The number of imide groups is 1. The van der Waals surface area contributed by atoms with Gasteiger partial charge in [-0.15, -0.1) is 0 Å². The molecule has 0 radical (unpaired) electrons. The van der Waals surface area contributed by atoms with Gasteiger partial charge in [-0.05, 0) is 42.7 Å². The van der Waals surface area contributed by atoms with Gasteiger partial charge in [0.2, 0.25) is 11.8 Å². The van der Waals surface area contributed by atoms with Gasteiger partial charge < -0.3 is 9.64 Å². The molecule has 0 N–H and O–H groups in total. The molecule has 3 aliphatic heterocycles. The van der Waals surface area contributed by atoms with Crippen molar-refractivity contribution in [2.45, 2.75) is 25.9 Å². The second-order valence-corrected chi connectivity index (χ2v) is 8.64. The van der Waals surface area contributed by atoms with Crippen LogP contribution in [0.15, 0.2) is 42.6 Å². The van der Waals surface area contributed by atoms with E-state index in [4.69, 9.17) is 16.3 Å². The molecule has 2 aromatic carbocycles. The van der Waals surface area contributed by atoms with Gasteiger partial charge in [-0.3, -0.25) is 14.4 Å². The first kappa shape index (κ1) is 19.8. The third-order valence-corrected chi connectivity index (χ3v) is 6.99. The Bertz CT molecular complexity index is 1170. The molecule has 31 heavy (non-hydrogen) atoms. The van der Waals surface area contributed by atoms with Crippen molar-refractivity contribution in [3.63, 3.8) is 0 Å². The normalized spacial score (nSPS) is 26.1. The van der Waals surface area contributed by atoms with E-state index in [1.807, 2.05) is 41.4 Å². The Balaban J connectivity index is 1.67. The first-order valence-electron chi connectivity index (χ1n) is 10.1. The number of ketones is 1. The molecule has 2 amide bonds. The van der Waals surface area contributed by atoms with E-state index in [1.54, 1.807) is 19.1 Å². The maximum absolute atomic E-state index is 13.7. The van der Waals surface area contributed by atoms with Gasteiger partial charge in [-0.25, -0.2) is 4.90 Å². The van der Waals surface area contributed by atoms with Crippen LogP contribution in [0.3, 0.4) is 0 Å². The Labute approximate surface area is 185 Å². The molecule has 2 saturated heterocycles. The van der Waals surface area contributed by atoms with Crippen molar-refractivity contribution in [2.75, 3.05) is 12.0 Å². The van der Waals surface area contributed by atoms with Gasteiger partial charge in [0.05, 0.1) is 36.7 Å². The van der Waals surface area contributed by atoms with E-state index in [0.29, 0.717) is 16.5 Å². The van der Waals surface area contributed by atoms with Crippen molar-refractivity contribution >= 4 is 41.0 Å². The summed E-state index contributed by atoms with van der Waals surface area (Å²) in [5.74, 6) is -1.91. The summed E-state index contributed by atoms with van der Waals surface area (Å²) < 4.78 is 5.43. The zero-order valence-corrected chi connectivity index (χ0v) is 18.1. The number of methoxy groups -OCH3 is 1. The molecule has 158 valence electrons. The van der Waals surface area contributed by atoms with Crippen molar-refractivity contribution < 1.29 is 19.1 Å². The van der Waals surface area contributed by atoms with Crippen molar-refractivity contribution in [3.05, 3.63) is 64.3 Å². The number of halogens is 1. The molecule has 3 heterocycles. The summed E-state index contributed by atoms with van der Waals surface area (Å²) in [5.41, 5.74) is 3.03. The van der Waals surface area contributed by atoms with Gasteiger partial charge in [-0.2, -0.15) is 0 Å². The average Bonchev–Trinajstić information content (AvgIpc) is 3.23. The Morgan fingerprint density at radius 3 is 2.52 bits per heavy atom. The minimum atomic E-state index is -0.758. The van der Waals surface area contributed by atoms with E-state index in [0.717, 1.165) is 16.7 Å². The number of Topliss-reactive ketones (excluding diaryl/α,β-unsaturated/α-hetero) is 1. The lowest BCUT2D eigenvalue weighted by molar-refractivity contribution is -0.129. The number of hydrogen-bond acceptors (Lipinski definition) is 5. The summed E-state index contributed by atoms with van der Waals surface area (Å²) >= 11 is 6.22. The summed E-state index contributed by atoms with van der Waals surface area (Å²) in [6.07, 6.45) is 3.77. The Morgan fingerprint density at radius 1 is 1.10 bits per heavy atom. The molecule has 0 bridgehead atoms. The SMILES string of the molecule is COc1cc(Cl)c(C)cc1N1C(=O)[C@@H]2[C@H](C1=O)[C@@H]1c3ccccc3C=CN1[C@@H]2C(C)=O. The average molecular weight is 437 g/mol. The van der Waals surface area contributed by atoms with Crippen LogP contribution in [0, 0.1) is 18.8 Å². The minimum absolute atomic E-state index is 0.135. The van der Waals surface area contributed by atoms with Gasteiger partial charge >= 0.3 is 0 Å². The number of carbonyl (C=O) groups is 3. The fourth-order valence-corrected chi connectivity index (χ4v) is 5.40. The number of benzene rings is 2. The predicted octanol–water partition coefficient (Wildman–Crippen LogP) is 3.76. The van der Waals surface area contributed by atoms with Crippen LogP contribution in [-0.2, 0) is 14.4 Å². The molecule has 0 unspecified atom stereocenters. The van der Waals surface area contributed by atoms with Crippen molar-refractivity contribution in [2.24, 2.45) is 11.8 Å². The van der Waals surface area contributed by atoms with E-state index < -0.39 is 17.9 Å². The van der Waals surface area contributed by atoms with Gasteiger partial charge in [0.15, 0.2) is 5.78 Å². The number of aryl methyl sites for hydroxylation is 1. The maximum Gasteiger partial charge on any atom is 0.240 e. The quantitative estimate of drug-likeness (QED) is 0.685. The molecule has 2 fully saturated rings. The number of ether oxygens (including phenoxy) is 1. The number of anilines is 1. The van der Waals surface area contributed by atoms with Crippen LogP contribution in [0.2, 0.25) is 5.02 Å². The van der Waals surface area contributed by atoms with Crippen molar-refractivity contribution in [1.29, 1.82) is 0 Å². The number of amides is 2. The highest BCUT2D eigenvalue weighted by molar-refractivity contribution is 6.32. The molecule has 0 spiro atoms. The lowest BCUT2D eigenvalue weighted by Crippen LogP contribution is -2.43. The van der Waals surface area contributed by atoms with E-state index in [1.165, 1.54) is 18.9 Å². The van der Waals surface area contributed by atoms with Crippen LogP contribution in [0.4, 0.5) is 5.69 Å². The number of fused-ring (bicyclic) bond motifs is 5. The van der Waals surface area contributed by atoms with E-state index >= 15 is 0 Å². The van der Waals surface area contributed by atoms with Gasteiger partial charge in [0.25, 0.3) is 0 Å². The third-order valence-electron chi connectivity index (χ3n) is 6.58. The number of hydrogen-bond donors (Lipinski definition) is 0. The highest BCUT2D eigenvalue weighted by Crippen LogP contribution is 2.54. The molecule has 0 aliphatic carbocycles. The Hall–Kier alpha value is -3.12. The highest BCUT2D eigenvalue weighted by atomic mass is 35.5. The Morgan fingerprint density at radius 2 is 1.81 bits per heavy atom. The monoisotopic (exact) mass is 436 g/mol. The van der Waals surface area contributed by atoms with E-state index in [9.17, 15) is 14.4 Å². The molecule has 4 atom stereocenters. The molecule has 0 aromatic heterocycles. The van der Waals surface area contributed by atoms with E-state index in [2.05, 4.69) is 0 Å². The van der Waals surface area contributed by atoms with Crippen LogP contribution in [0.1, 0.15) is 29.7 Å². The van der Waals surface area contributed by atoms with Crippen LogP contribution >= 0.6 is 11.6 Å². The smallest absolute Gasteiger partial charge is 0.240 e. The second kappa shape index (κ2) is 6.95. The summed E-state index contributed by atoms with van der Waals surface area (Å²) in [4.78, 5) is 43.1. The third kappa shape index (κ3) is 2.67. The summed E-state index contributed by atoms with van der Waals surface area (Å²) in [7, 11) is 1.47. The van der Waals surface area contributed by atoms with Crippen molar-refractivity contribution in [1.82, 2.24) is 4.90 Å². The zero-order valence-electron chi connectivity index (χ0n) is 17.3. The largest absolute Gasteiger partial charge is 0.495 e. The molecule has 6 nitrogen and oxygen atoms in total. The molecule has 2 aromatic rings. The second-order valence-electron chi connectivity index (χ2n) is 8.23. The molecule has 0 saturated carbocycles. The predicted molar refractivity (Wildman–Crippen MR) is 117 cm³/mol. The molecule has 3 aliphatic rings. The summed E-state index contributed by atoms with van der Waals surface area (Å²) in [6.45, 7) is 3.28. The van der Waals surface area contributed by atoms with Crippen LogP contribution < -0.4 is 9.64 Å². The standard InChI is InChI=1S/C24H21ClN2O4/c1-12-10-17(18(31-3)11-16(12)25)27-23(29)19-20(24(27)30)22-15-7-5-4-6-14(15)8-9-26(22)21(19)13(2)28/h4-11,19-22H,1-3H3/t19-,20+,21-,22+/m1/s1. The highest BCUT2D eigenvalue weighted by Gasteiger charge is 2.64. The lowest BCUT2D eigenvalue weighted by Gasteiger charge is -2.35. The van der Waals surface area contributed by atoms with Gasteiger partial charge in [0.1, 0.15) is 5.75 Å². The Kier molecular flexibility index (Phi) is 4.45. The zero-order chi connectivity index (χ0) is 22.0. The first-order chi connectivity index (χ1) is 14.8. The van der Waals surface area contributed by atoms with Crippen LogP contribution in [0.25, 0.3) is 6.08 Å². The topological polar surface area (TPSA) is 66.9 Å².